The Bertz CT molecular complexity index is 763. The Labute approximate surface area is 161 Å². The largest absolute Gasteiger partial charge is 0.481 e. The highest BCUT2D eigenvalue weighted by Gasteiger charge is 2.13. The van der Waals surface area contributed by atoms with Crippen LogP contribution < -0.4 is 15.6 Å². The molecule has 0 aromatic heterocycles. The van der Waals surface area contributed by atoms with Crippen molar-refractivity contribution in [3.05, 3.63) is 61.5 Å². The number of rotatable bonds is 4. The molecule has 0 unspecified atom stereocenters. The van der Waals surface area contributed by atoms with Gasteiger partial charge < -0.3 is 4.74 Å². The summed E-state index contributed by atoms with van der Waals surface area (Å²) in [6.07, 6.45) is 0. The predicted molar refractivity (Wildman–Crippen MR) is 96.7 cm³/mol. The molecule has 5 nitrogen and oxygen atoms in total. The molecule has 126 valence electrons. The van der Waals surface area contributed by atoms with Crippen molar-refractivity contribution in [2.45, 2.75) is 0 Å². The van der Waals surface area contributed by atoms with E-state index in [1.54, 1.807) is 24.3 Å². The molecule has 2 aromatic rings. The summed E-state index contributed by atoms with van der Waals surface area (Å²) in [5.74, 6) is -0.846. The van der Waals surface area contributed by atoms with Gasteiger partial charge in [-0.05, 0) is 40.2 Å². The van der Waals surface area contributed by atoms with Crippen molar-refractivity contribution < 1.29 is 14.3 Å². The third-order valence-corrected chi connectivity index (χ3v) is 4.16. The second-order valence-corrected chi connectivity index (χ2v) is 6.57. The predicted octanol–water partition coefficient (Wildman–Crippen LogP) is 4.25. The van der Waals surface area contributed by atoms with Crippen LogP contribution in [0.3, 0.4) is 0 Å². The molecule has 0 aliphatic heterocycles. The molecule has 0 saturated carbocycles. The van der Waals surface area contributed by atoms with Gasteiger partial charge in [0.2, 0.25) is 0 Å². The molecule has 0 spiro atoms. The van der Waals surface area contributed by atoms with E-state index in [9.17, 15) is 9.59 Å². The van der Waals surface area contributed by atoms with Crippen molar-refractivity contribution in [3.8, 4) is 5.75 Å². The second kappa shape index (κ2) is 8.58. The molecule has 2 amide bonds. The van der Waals surface area contributed by atoms with Gasteiger partial charge in [-0.25, -0.2) is 0 Å². The SMILES string of the molecule is O=C(COc1c(Cl)cc(Cl)cc1Br)NNC(=O)c1ccccc1Cl. The Kier molecular flexibility index (Phi) is 6.74. The van der Waals surface area contributed by atoms with Gasteiger partial charge in [0.15, 0.2) is 12.4 Å². The summed E-state index contributed by atoms with van der Waals surface area (Å²) in [5.41, 5.74) is 4.71. The maximum atomic E-state index is 11.9. The summed E-state index contributed by atoms with van der Waals surface area (Å²) in [6.45, 7) is -0.358. The van der Waals surface area contributed by atoms with Crippen LogP contribution in [0.5, 0.6) is 5.75 Å². The lowest BCUT2D eigenvalue weighted by atomic mass is 10.2. The Morgan fingerprint density at radius 2 is 1.75 bits per heavy atom. The lowest BCUT2D eigenvalue weighted by Crippen LogP contribution is -2.43. The average Bonchev–Trinajstić information content (AvgIpc) is 2.52. The average molecular weight is 453 g/mol. The van der Waals surface area contributed by atoms with Crippen LogP contribution >= 0.6 is 50.7 Å². The van der Waals surface area contributed by atoms with Crippen LogP contribution in [0.4, 0.5) is 0 Å². The fraction of sp³-hybridized carbons (Fsp3) is 0.0667. The number of amides is 2. The molecule has 0 saturated heterocycles. The molecule has 0 aliphatic carbocycles. The van der Waals surface area contributed by atoms with Gasteiger partial charge in [-0.3, -0.25) is 20.4 Å². The highest BCUT2D eigenvalue weighted by atomic mass is 79.9. The number of nitrogens with one attached hydrogen (secondary N) is 2. The maximum absolute atomic E-state index is 11.9. The van der Waals surface area contributed by atoms with Gasteiger partial charge in [-0.15, -0.1) is 0 Å². The van der Waals surface area contributed by atoms with Crippen LogP contribution in [0.1, 0.15) is 10.4 Å². The molecule has 0 heterocycles. The zero-order valence-corrected chi connectivity index (χ0v) is 15.8. The summed E-state index contributed by atoms with van der Waals surface area (Å²) in [6, 6.07) is 9.53. The van der Waals surface area contributed by atoms with Gasteiger partial charge in [-0.2, -0.15) is 0 Å². The van der Waals surface area contributed by atoms with E-state index in [2.05, 4.69) is 26.8 Å². The summed E-state index contributed by atoms with van der Waals surface area (Å²) < 4.78 is 5.83. The summed E-state index contributed by atoms with van der Waals surface area (Å²) >= 11 is 21.0. The van der Waals surface area contributed by atoms with Gasteiger partial charge in [0.05, 0.1) is 20.1 Å². The fourth-order valence-corrected chi connectivity index (χ4v) is 3.27. The lowest BCUT2D eigenvalue weighted by Gasteiger charge is -2.11. The summed E-state index contributed by atoms with van der Waals surface area (Å²) in [7, 11) is 0. The lowest BCUT2D eigenvalue weighted by molar-refractivity contribution is -0.123. The number of carbonyl (C=O) groups is 2. The smallest absolute Gasteiger partial charge is 0.276 e. The van der Waals surface area contributed by atoms with Crippen LogP contribution in [-0.2, 0) is 4.79 Å². The van der Waals surface area contributed by atoms with E-state index in [4.69, 9.17) is 39.5 Å². The van der Waals surface area contributed by atoms with E-state index < -0.39 is 11.8 Å². The van der Waals surface area contributed by atoms with Crippen molar-refractivity contribution in [1.29, 1.82) is 0 Å². The van der Waals surface area contributed by atoms with E-state index in [-0.39, 0.29) is 28.0 Å². The monoisotopic (exact) mass is 450 g/mol. The first-order valence-electron chi connectivity index (χ1n) is 6.49. The molecule has 2 aromatic carbocycles. The van der Waals surface area contributed by atoms with Gasteiger partial charge in [0.1, 0.15) is 0 Å². The van der Waals surface area contributed by atoms with Crippen LogP contribution in [0.2, 0.25) is 15.1 Å². The molecular formula is C15H10BrCl3N2O3. The van der Waals surface area contributed by atoms with Crippen LogP contribution in [0, 0.1) is 0 Å². The van der Waals surface area contributed by atoms with Crippen LogP contribution in [0.15, 0.2) is 40.9 Å². The molecule has 0 aliphatic rings. The van der Waals surface area contributed by atoms with Crippen LogP contribution in [-0.4, -0.2) is 18.4 Å². The van der Waals surface area contributed by atoms with Crippen molar-refractivity contribution in [3.63, 3.8) is 0 Å². The molecule has 0 radical (unpaired) electrons. The Morgan fingerprint density at radius 1 is 1.04 bits per heavy atom. The molecular weight excluding hydrogens is 442 g/mol. The van der Waals surface area contributed by atoms with E-state index >= 15 is 0 Å². The Morgan fingerprint density at radius 3 is 2.42 bits per heavy atom. The summed E-state index contributed by atoms with van der Waals surface area (Å²) in [4.78, 5) is 23.7. The van der Waals surface area contributed by atoms with Crippen LogP contribution in [0.25, 0.3) is 0 Å². The van der Waals surface area contributed by atoms with Crippen molar-refractivity contribution in [2.75, 3.05) is 6.61 Å². The molecule has 2 N–H and O–H groups in total. The molecule has 0 atom stereocenters. The fourth-order valence-electron chi connectivity index (χ4n) is 1.68. The molecule has 2 rings (SSSR count). The van der Waals surface area contributed by atoms with E-state index in [1.807, 2.05) is 0 Å². The number of ether oxygens (including phenoxy) is 1. The van der Waals surface area contributed by atoms with Gasteiger partial charge in [-0.1, -0.05) is 46.9 Å². The molecule has 0 fully saturated rings. The first-order valence-corrected chi connectivity index (χ1v) is 8.42. The number of benzene rings is 2. The number of hydrogen-bond acceptors (Lipinski definition) is 3. The Balaban J connectivity index is 1.88. The van der Waals surface area contributed by atoms with Gasteiger partial charge >= 0.3 is 0 Å². The Hall–Kier alpha value is -1.47. The minimum absolute atomic E-state index is 0.240. The van der Waals surface area contributed by atoms with Crippen molar-refractivity contribution >= 4 is 62.5 Å². The molecule has 24 heavy (non-hydrogen) atoms. The molecule has 0 bridgehead atoms. The zero-order valence-electron chi connectivity index (χ0n) is 11.9. The minimum Gasteiger partial charge on any atom is -0.481 e. The van der Waals surface area contributed by atoms with E-state index in [1.165, 1.54) is 12.1 Å². The number of halogens is 4. The van der Waals surface area contributed by atoms with E-state index in [0.29, 0.717) is 9.50 Å². The standard InChI is InChI=1S/C15H10BrCl3N2O3/c16-10-5-8(17)6-12(19)14(10)24-7-13(22)20-21-15(23)9-3-1-2-4-11(9)18/h1-6H,7H2,(H,20,22)(H,21,23). The minimum atomic E-state index is -0.576. The molecule has 9 heteroatoms. The first-order chi connectivity index (χ1) is 11.4. The zero-order chi connectivity index (χ0) is 17.7. The normalized spacial score (nSPS) is 10.2. The first kappa shape index (κ1) is 18.9. The van der Waals surface area contributed by atoms with Gasteiger partial charge in [0, 0.05) is 5.02 Å². The number of hydrazine groups is 1. The van der Waals surface area contributed by atoms with Crippen molar-refractivity contribution in [1.82, 2.24) is 10.9 Å². The third kappa shape index (κ3) is 5.01. The van der Waals surface area contributed by atoms with Gasteiger partial charge in [0.25, 0.3) is 11.8 Å². The third-order valence-electron chi connectivity index (χ3n) is 2.74. The topological polar surface area (TPSA) is 67.4 Å². The van der Waals surface area contributed by atoms with E-state index in [0.717, 1.165) is 0 Å². The number of carbonyl (C=O) groups excluding carboxylic acids is 2. The quantitative estimate of drug-likeness (QED) is 0.682. The maximum Gasteiger partial charge on any atom is 0.276 e. The number of hydrogen-bond donors (Lipinski definition) is 2. The highest BCUT2D eigenvalue weighted by Crippen LogP contribution is 2.35. The second-order valence-electron chi connectivity index (χ2n) is 4.47. The highest BCUT2D eigenvalue weighted by molar-refractivity contribution is 9.10. The summed E-state index contributed by atoms with van der Waals surface area (Å²) in [5, 5.41) is 0.954. The van der Waals surface area contributed by atoms with Crippen molar-refractivity contribution in [2.24, 2.45) is 0 Å².